The van der Waals surface area contributed by atoms with Gasteiger partial charge in [0.05, 0.1) is 22.9 Å². The number of halogens is 3. The van der Waals surface area contributed by atoms with E-state index < -0.39 is 17.8 Å². The van der Waals surface area contributed by atoms with Gasteiger partial charge in [0, 0.05) is 13.2 Å². The summed E-state index contributed by atoms with van der Waals surface area (Å²) >= 11 is 1.27. The molecule has 1 atom stereocenters. The quantitative estimate of drug-likeness (QED) is 0.734. The third-order valence-corrected chi connectivity index (χ3v) is 5.19. The smallest absolute Gasteiger partial charge is 0.376 e. The second-order valence-electron chi connectivity index (χ2n) is 6.14. The number of nitrogens with zero attached hydrogens (tertiary/aromatic N) is 3. The van der Waals surface area contributed by atoms with E-state index in [1.165, 1.54) is 11.3 Å². The predicted molar refractivity (Wildman–Crippen MR) is 92.6 cm³/mol. The maximum absolute atomic E-state index is 13.5. The number of aromatic nitrogens is 3. The highest BCUT2D eigenvalue weighted by molar-refractivity contribution is 7.13. The highest BCUT2D eigenvalue weighted by atomic mass is 32.1. The third-order valence-electron chi connectivity index (χ3n) is 4.29. The van der Waals surface area contributed by atoms with Crippen molar-refractivity contribution >= 4 is 22.9 Å². The van der Waals surface area contributed by atoms with Gasteiger partial charge >= 0.3 is 6.18 Å². The van der Waals surface area contributed by atoms with E-state index in [0.717, 1.165) is 25.1 Å². The number of carbonyl (C=O) groups is 1. The zero-order chi connectivity index (χ0) is 19.0. The number of hydrogen-bond acceptors (Lipinski definition) is 5. The zero-order valence-electron chi connectivity index (χ0n) is 14.0. The molecule has 4 heterocycles. The number of carbonyl (C=O) groups excluding carboxylic acids is 1. The first-order valence-electron chi connectivity index (χ1n) is 8.33. The average molecular weight is 396 g/mol. The monoisotopic (exact) mass is 396 g/mol. The van der Waals surface area contributed by atoms with Crippen LogP contribution in [-0.4, -0.2) is 39.8 Å². The van der Waals surface area contributed by atoms with E-state index in [1.807, 2.05) is 0 Å². The molecule has 1 amide bonds. The number of hydrogen-bond donors (Lipinski definition) is 1. The summed E-state index contributed by atoms with van der Waals surface area (Å²) in [5.41, 5.74) is -0.956. The molecule has 0 saturated carbocycles. The summed E-state index contributed by atoms with van der Waals surface area (Å²) in [4.78, 5) is 17.3. The van der Waals surface area contributed by atoms with Crippen LogP contribution >= 0.6 is 11.3 Å². The number of fused-ring (bicyclic) bond motifs is 1. The van der Waals surface area contributed by atoms with Crippen LogP contribution in [0.4, 0.5) is 13.2 Å². The lowest BCUT2D eigenvalue weighted by atomic mass is 10.2. The van der Waals surface area contributed by atoms with E-state index in [2.05, 4.69) is 15.4 Å². The first-order chi connectivity index (χ1) is 12.9. The van der Waals surface area contributed by atoms with Crippen molar-refractivity contribution in [3.8, 4) is 10.6 Å². The van der Waals surface area contributed by atoms with Crippen molar-refractivity contribution in [1.29, 1.82) is 0 Å². The van der Waals surface area contributed by atoms with Crippen LogP contribution < -0.4 is 5.32 Å². The van der Waals surface area contributed by atoms with E-state index in [4.69, 9.17) is 4.74 Å². The average Bonchev–Trinajstić information content (AvgIpc) is 3.39. The minimum Gasteiger partial charge on any atom is -0.376 e. The molecule has 1 aliphatic rings. The van der Waals surface area contributed by atoms with Gasteiger partial charge in [-0.15, -0.1) is 11.3 Å². The zero-order valence-corrected chi connectivity index (χ0v) is 14.8. The Morgan fingerprint density at radius 1 is 1.44 bits per heavy atom. The first-order valence-corrected chi connectivity index (χ1v) is 9.21. The van der Waals surface area contributed by atoms with Gasteiger partial charge in [-0.1, -0.05) is 6.07 Å². The Kier molecular flexibility index (Phi) is 4.60. The van der Waals surface area contributed by atoms with Crippen LogP contribution in [0.1, 0.15) is 28.9 Å². The van der Waals surface area contributed by atoms with Crippen LogP contribution in [0.25, 0.3) is 16.2 Å². The van der Waals surface area contributed by atoms with Crippen molar-refractivity contribution in [3.63, 3.8) is 0 Å². The molecule has 6 nitrogen and oxygen atoms in total. The number of nitrogens with one attached hydrogen (secondary N) is 1. The summed E-state index contributed by atoms with van der Waals surface area (Å²) < 4.78 is 46.6. The van der Waals surface area contributed by atoms with Crippen LogP contribution in [0.3, 0.4) is 0 Å². The molecule has 142 valence electrons. The number of amides is 1. The Morgan fingerprint density at radius 2 is 2.30 bits per heavy atom. The van der Waals surface area contributed by atoms with Gasteiger partial charge in [-0.2, -0.15) is 18.3 Å². The van der Waals surface area contributed by atoms with Crippen molar-refractivity contribution in [3.05, 3.63) is 41.0 Å². The molecule has 0 aliphatic carbocycles. The van der Waals surface area contributed by atoms with Crippen LogP contribution in [0, 0.1) is 0 Å². The Hall–Kier alpha value is -2.46. The van der Waals surface area contributed by atoms with E-state index in [9.17, 15) is 18.0 Å². The Balaban J connectivity index is 1.73. The van der Waals surface area contributed by atoms with Crippen molar-refractivity contribution in [1.82, 2.24) is 19.9 Å². The third kappa shape index (κ3) is 3.54. The minimum atomic E-state index is -4.63. The number of alkyl halides is 3. The van der Waals surface area contributed by atoms with Crippen LogP contribution in [-0.2, 0) is 10.9 Å². The van der Waals surface area contributed by atoms with E-state index in [1.54, 1.807) is 17.5 Å². The van der Waals surface area contributed by atoms with Gasteiger partial charge in [0.2, 0.25) is 0 Å². The highest BCUT2D eigenvalue weighted by Crippen LogP contribution is 2.33. The fourth-order valence-electron chi connectivity index (χ4n) is 2.98. The number of ether oxygens (including phenoxy) is 1. The number of thiophene rings is 1. The molecule has 1 saturated heterocycles. The second-order valence-corrected chi connectivity index (χ2v) is 7.09. The fourth-order valence-corrected chi connectivity index (χ4v) is 3.67. The Morgan fingerprint density at radius 3 is 2.96 bits per heavy atom. The van der Waals surface area contributed by atoms with Crippen LogP contribution in [0.2, 0.25) is 0 Å². The lowest BCUT2D eigenvalue weighted by Gasteiger charge is -2.12. The maximum Gasteiger partial charge on any atom is 0.433 e. The molecule has 0 spiro atoms. The second kappa shape index (κ2) is 6.93. The summed E-state index contributed by atoms with van der Waals surface area (Å²) in [5.74, 6) is -0.524. The predicted octanol–water partition coefficient (Wildman–Crippen LogP) is 3.39. The highest BCUT2D eigenvalue weighted by Gasteiger charge is 2.36. The molecule has 27 heavy (non-hydrogen) atoms. The fraction of sp³-hybridized carbons (Fsp3) is 0.353. The van der Waals surface area contributed by atoms with Crippen LogP contribution in [0.15, 0.2) is 29.8 Å². The molecule has 10 heteroatoms. The van der Waals surface area contributed by atoms with Crippen LogP contribution in [0.5, 0.6) is 0 Å². The lowest BCUT2D eigenvalue weighted by molar-refractivity contribution is -0.142. The van der Waals surface area contributed by atoms with E-state index >= 15 is 0 Å². The molecule has 0 unspecified atom stereocenters. The molecular weight excluding hydrogens is 381 g/mol. The standard InChI is InChI=1S/C17H15F3N4O2S/c18-17(19,20)14-7-12(13-4-2-6-27-13)23-15-11(9-22-24(14)15)16(25)21-8-10-3-1-5-26-10/h2,4,6-7,9-10H,1,3,5,8H2,(H,21,25)/t10-/m1/s1. The minimum absolute atomic E-state index is 0.00287. The van der Waals surface area contributed by atoms with Crippen molar-refractivity contribution in [2.75, 3.05) is 13.2 Å². The SMILES string of the molecule is O=C(NC[C@H]1CCCO1)c1cnn2c(C(F)(F)F)cc(-c3cccs3)nc12. The molecule has 1 aliphatic heterocycles. The number of rotatable bonds is 4. The molecule has 0 aromatic carbocycles. The van der Waals surface area contributed by atoms with Gasteiger partial charge in [0.1, 0.15) is 5.56 Å². The van der Waals surface area contributed by atoms with Gasteiger partial charge < -0.3 is 10.1 Å². The maximum atomic E-state index is 13.5. The summed E-state index contributed by atoms with van der Waals surface area (Å²) in [6.07, 6.45) is -1.83. The summed E-state index contributed by atoms with van der Waals surface area (Å²) in [6.45, 7) is 0.949. The lowest BCUT2D eigenvalue weighted by Crippen LogP contribution is -2.31. The summed E-state index contributed by atoms with van der Waals surface area (Å²) in [6, 6.07) is 4.35. The molecule has 4 rings (SSSR count). The van der Waals surface area contributed by atoms with Gasteiger partial charge in [0.15, 0.2) is 11.3 Å². The summed E-state index contributed by atoms with van der Waals surface area (Å²) in [7, 11) is 0. The van der Waals surface area contributed by atoms with E-state index in [-0.39, 0.29) is 23.0 Å². The largest absolute Gasteiger partial charge is 0.433 e. The molecule has 3 aromatic heterocycles. The van der Waals surface area contributed by atoms with E-state index in [0.29, 0.717) is 22.5 Å². The van der Waals surface area contributed by atoms with Crippen molar-refractivity contribution < 1.29 is 22.7 Å². The molecule has 1 N–H and O–H groups in total. The normalized spacial score (nSPS) is 17.5. The summed E-state index contributed by atoms with van der Waals surface area (Å²) in [5, 5.41) is 8.20. The first kappa shape index (κ1) is 17.9. The molecule has 3 aromatic rings. The van der Waals surface area contributed by atoms with Crippen molar-refractivity contribution in [2.24, 2.45) is 0 Å². The van der Waals surface area contributed by atoms with Gasteiger partial charge in [-0.25, -0.2) is 9.50 Å². The molecule has 1 fully saturated rings. The Labute approximate surface area is 156 Å². The van der Waals surface area contributed by atoms with Crippen molar-refractivity contribution in [2.45, 2.75) is 25.1 Å². The topological polar surface area (TPSA) is 68.5 Å². The Bertz CT molecular complexity index is 963. The van der Waals surface area contributed by atoms with Gasteiger partial charge in [0.25, 0.3) is 5.91 Å². The van der Waals surface area contributed by atoms with Gasteiger partial charge in [-0.3, -0.25) is 4.79 Å². The van der Waals surface area contributed by atoms with Gasteiger partial charge in [-0.05, 0) is 30.4 Å². The molecule has 0 bridgehead atoms. The molecule has 0 radical (unpaired) electrons. The molecular formula is C17H15F3N4O2S.